The van der Waals surface area contributed by atoms with Crippen molar-refractivity contribution in [1.29, 1.82) is 0 Å². The number of nitrogens with one attached hydrogen (secondary N) is 1. The molecule has 0 aliphatic heterocycles. The quantitative estimate of drug-likeness (QED) is 0.463. The summed E-state index contributed by atoms with van der Waals surface area (Å²) >= 11 is 0. The van der Waals surface area contributed by atoms with Crippen molar-refractivity contribution in [3.05, 3.63) is 12.2 Å². The van der Waals surface area contributed by atoms with Gasteiger partial charge in [0.15, 0.2) is 0 Å². The number of carbonyl (C=O) groups excluding carboxylic acids is 1. The summed E-state index contributed by atoms with van der Waals surface area (Å²) in [6.45, 7) is 2.05. The molecule has 0 fully saturated rings. The Balaban J connectivity index is 3.53. The van der Waals surface area contributed by atoms with Gasteiger partial charge in [0.05, 0.1) is 5.75 Å². The van der Waals surface area contributed by atoms with E-state index in [1.54, 1.807) is 13.0 Å². The summed E-state index contributed by atoms with van der Waals surface area (Å²) in [5.74, 6) is -0.333. The number of sulfonamides is 1. The molecule has 0 aliphatic carbocycles. The van der Waals surface area contributed by atoms with Crippen molar-refractivity contribution in [2.24, 2.45) is 5.14 Å². The fraction of sp³-hybridized carbons (Fsp3) is 0.571. The van der Waals surface area contributed by atoms with Crippen LogP contribution in [-0.2, 0) is 14.8 Å². The first-order valence-corrected chi connectivity index (χ1v) is 5.58. The van der Waals surface area contributed by atoms with Crippen molar-refractivity contribution in [1.82, 2.24) is 5.32 Å². The lowest BCUT2D eigenvalue weighted by atomic mass is 10.4. The summed E-state index contributed by atoms with van der Waals surface area (Å²) < 4.78 is 20.9. The average Bonchev–Trinajstić information content (AvgIpc) is 1.97. The third-order valence-electron chi connectivity index (χ3n) is 1.22. The highest BCUT2D eigenvalue weighted by Crippen LogP contribution is 1.83. The lowest BCUT2D eigenvalue weighted by Crippen LogP contribution is -2.25. The van der Waals surface area contributed by atoms with Crippen LogP contribution in [0.1, 0.15) is 13.3 Å². The van der Waals surface area contributed by atoms with Crippen molar-refractivity contribution >= 4 is 15.9 Å². The second-order valence-electron chi connectivity index (χ2n) is 2.51. The first-order chi connectivity index (χ1) is 5.95. The first-order valence-electron chi connectivity index (χ1n) is 3.86. The van der Waals surface area contributed by atoms with Crippen LogP contribution in [0.15, 0.2) is 12.2 Å². The molecule has 0 unspecified atom stereocenters. The monoisotopic (exact) mass is 206 g/mol. The first kappa shape index (κ1) is 12.1. The van der Waals surface area contributed by atoms with E-state index >= 15 is 0 Å². The topological polar surface area (TPSA) is 89.3 Å². The van der Waals surface area contributed by atoms with Crippen molar-refractivity contribution in [2.45, 2.75) is 13.3 Å². The molecule has 0 rings (SSSR count). The standard InChI is InChI=1S/C7H14N2O3S/c1-2-4-7(10)9-5-3-6-13(8,11)12/h2,4H,3,5-6H2,1H3,(H,9,10)(H2,8,11,12). The van der Waals surface area contributed by atoms with Gasteiger partial charge >= 0.3 is 0 Å². The number of nitrogens with two attached hydrogens (primary N) is 1. The van der Waals surface area contributed by atoms with Crippen LogP contribution in [0, 0.1) is 0 Å². The molecule has 0 aromatic carbocycles. The molecule has 0 heterocycles. The minimum atomic E-state index is -3.40. The normalized spacial score (nSPS) is 11.8. The number of carbonyl (C=O) groups is 1. The second-order valence-corrected chi connectivity index (χ2v) is 4.25. The second kappa shape index (κ2) is 5.71. The number of rotatable bonds is 5. The van der Waals surface area contributed by atoms with Crippen LogP contribution in [0.3, 0.4) is 0 Å². The maximum Gasteiger partial charge on any atom is 0.243 e. The highest BCUT2D eigenvalue weighted by molar-refractivity contribution is 7.89. The molecule has 0 saturated carbocycles. The van der Waals surface area contributed by atoms with Crippen molar-refractivity contribution in [3.63, 3.8) is 0 Å². The number of hydrogen-bond acceptors (Lipinski definition) is 3. The number of amides is 1. The summed E-state index contributed by atoms with van der Waals surface area (Å²) in [6.07, 6.45) is 3.31. The van der Waals surface area contributed by atoms with Gasteiger partial charge in [0.1, 0.15) is 0 Å². The Morgan fingerprint density at radius 2 is 2.15 bits per heavy atom. The van der Waals surface area contributed by atoms with Crippen molar-refractivity contribution < 1.29 is 13.2 Å². The fourth-order valence-electron chi connectivity index (χ4n) is 0.695. The highest BCUT2D eigenvalue weighted by Gasteiger charge is 2.01. The van der Waals surface area contributed by atoms with E-state index in [0.29, 0.717) is 13.0 Å². The Morgan fingerprint density at radius 1 is 1.54 bits per heavy atom. The third-order valence-corrected chi connectivity index (χ3v) is 2.08. The third kappa shape index (κ3) is 9.03. The molecule has 0 aliphatic rings. The van der Waals surface area contributed by atoms with Gasteiger partial charge in [0.2, 0.25) is 15.9 Å². The van der Waals surface area contributed by atoms with Gasteiger partial charge < -0.3 is 5.32 Å². The van der Waals surface area contributed by atoms with Crippen LogP contribution < -0.4 is 10.5 Å². The van der Waals surface area contributed by atoms with Crippen molar-refractivity contribution in [2.75, 3.05) is 12.3 Å². The smallest absolute Gasteiger partial charge is 0.243 e. The van der Waals surface area contributed by atoms with E-state index in [2.05, 4.69) is 5.32 Å². The van der Waals surface area contributed by atoms with E-state index in [0.717, 1.165) is 0 Å². The van der Waals surface area contributed by atoms with Gasteiger partial charge in [-0.05, 0) is 19.4 Å². The van der Waals surface area contributed by atoms with Gasteiger partial charge in [0.25, 0.3) is 0 Å². The predicted octanol–water partition coefficient (Wildman–Crippen LogP) is -0.643. The zero-order chi connectivity index (χ0) is 10.3. The molecule has 0 spiro atoms. The minimum absolute atomic E-state index is 0.108. The summed E-state index contributed by atoms with van der Waals surface area (Å²) in [4.78, 5) is 10.8. The Bertz CT molecular complexity index is 282. The molecule has 0 bridgehead atoms. The maximum atomic E-state index is 10.8. The van der Waals surface area contributed by atoms with E-state index in [1.165, 1.54) is 6.08 Å². The summed E-state index contributed by atoms with van der Waals surface area (Å²) in [6, 6.07) is 0. The molecular weight excluding hydrogens is 192 g/mol. The van der Waals surface area contributed by atoms with Crippen LogP contribution in [0.25, 0.3) is 0 Å². The zero-order valence-corrected chi connectivity index (χ0v) is 8.30. The molecule has 6 heteroatoms. The van der Waals surface area contributed by atoms with Gasteiger partial charge in [-0.1, -0.05) is 6.08 Å². The molecule has 13 heavy (non-hydrogen) atoms. The maximum absolute atomic E-state index is 10.8. The number of primary sulfonamides is 1. The fourth-order valence-corrected chi connectivity index (χ4v) is 1.24. The summed E-state index contributed by atoms with van der Waals surface area (Å²) in [7, 11) is -3.40. The number of allylic oxidation sites excluding steroid dienone is 1. The Hall–Kier alpha value is -0.880. The molecule has 0 radical (unpaired) electrons. The lowest BCUT2D eigenvalue weighted by molar-refractivity contribution is -0.116. The summed E-state index contributed by atoms with van der Waals surface area (Å²) in [5.41, 5.74) is 0. The minimum Gasteiger partial charge on any atom is -0.353 e. The molecule has 1 amide bonds. The Kier molecular flexibility index (Phi) is 5.33. The van der Waals surface area contributed by atoms with Crippen LogP contribution in [0.2, 0.25) is 0 Å². The average molecular weight is 206 g/mol. The SMILES string of the molecule is CC=CC(=O)NCCCS(N)(=O)=O. The lowest BCUT2D eigenvalue weighted by Gasteiger charge is -2.00. The van der Waals surface area contributed by atoms with Crippen LogP contribution in [0.5, 0.6) is 0 Å². The van der Waals surface area contributed by atoms with Crippen LogP contribution >= 0.6 is 0 Å². The molecule has 0 aromatic rings. The van der Waals surface area contributed by atoms with E-state index in [9.17, 15) is 13.2 Å². The van der Waals surface area contributed by atoms with Gasteiger partial charge in [-0.25, -0.2) is 13.6 Å². The molecular formula is C7H14N2O3S. The van der Waals surface area contributed by atoms with Crippen molar-refractivity contribution in [3.8, 4) is 0 Å². The predicted molar refractivity (Wildman–Crippen MR) is 50.4 cm³/mol. The van der Waals surface area contributed by atoms with Gasteiger partial charge in [-0.3, -0.25) is 4.79 Å². The Labute approximate surface area is 78.1 Å². The van der Waals surface area contributed by atoms with E-state index < -0.39 is 10.0 Å². The largest absolute Gasteiger partial charge is 0.353 e. The van der Waals surface area contributed by atoms with E-state index in [-0.39, 0.29) is 11.7 Å². The van der Waals surface area contributed by atoms with Gasteiger partial charge in [-0.15, -0.1) is 0 Å². The van der Waals surface area contributed by atoms with Gasteiger partial charge in [0, 0.05) is 6.54 Å². The molecule has 0 atom stereocenters. The van der Waals surface area contributed by atoms with Crippen LogP contribution in [0.4, 0.5) is 0 Å². The zero-order valence-electron chi connectivity index (χ0n) is 7.49. The molecule has 5 nitrogen and oxygen atoms in total. The molecule has 0 saturated heterocycles. The summed E-state index contributed by atoms with van der Waals surface area (Å²) in [5, 5.41) is 7.27. The van der Waals surface area contributed by atoms with E-state index in [4.69, 9.17) is 5.14 Å². The highest BCUT2D eigenvalue weighted by atomic mass is 32.2. The number of hydrogen-bond donors (Lipinski definition) is 2. The van der Waals surface area contributed by atoms with Crippen LogP contribution in [-0.4, -0.2) is 26.6 Å². The molecule has 0 aromatic heterocycles. The molecule has 3 N–H and O–H groups in total. The molecule has 76 valence electrons. The Morgan fingerprint density at radius 3 is 2.62 bits per heavy atom. The van der Waals surface area contributed by atoms with Gasteiger partial charge in [-0.2, -0.15) is 0 Å². The van der Waals surface area contributed by atoms with E-state index in [1.807, 2.05) is 0 Å².